The summed E-state index contributed by atoms with van der Waals surface area (Å²) < 4.78 is 22.0. The lowest BCUT2D eigenvalue weighted by molar-refractivity contribution is -0.163. The van der Waals surface area contributed by atoms with Gasteiger partial charge in [-0.25, -0.2) is 9.59 Å². The van der Waals surface area contributed by atoms with E-state index in [1.54, 1.807) is 0 Å². The van der Waals surface area contributed by atoms with Crippen LogP contribution in [0, 0.1) is 0 Å². The predicted octanol–water partition coefficient (Wildman–Crippen LogP) is 2.09. The predicted molar refractivity (Wildman–Crippen MR) is 87.6 cm³/mol. The average Bonchev–Trinajstić information content (AvgIpc) is 3.12. The van der Waals surface area contributed by atoms with E-state index in [0.717, 1.165) is 5.56 Å². The lowest BCUT2D eigenvalue weighted by atomic mass is 10.1. The number of nitrogens with zero attached hydrogens (tertiary/aromatic N) is 1. The van der Waals surface area contributed by atoms with Crippen LogP contribution in [-0.4, -0.2) is 54.7 Å². The molecule has 0 N–H and O–H groups in total. The van der Waals surface area contributed by atoms with Crippen molar-refractivity contribution in [2.75, 3.05) is 13.7 Å². The van der Waals surface area contributed by atoms with Gasteiger partial charge < -0.3 is 18.9 Å². The molecule has 2 aliphatic heterocycles. The Hall–Kier alpha value is -2.12. The molecule has 136 valence electrons. The zero-order valence-electron chi connectivity index (χ0n) is 14.6. The fourth-order valence-corrected chi connectivity index (χ4v) is 3.25. The van der Waals surface area contributed by atoms with Gasteiger partial charge in [-0.15, -0.1) is 0 Å². The second-order valence-electron chi connectivity index (χ2n) is 6.47. The molecular formula is C18H23NO6. The second-order valence-corrected chi connectivity index (χ2v) is 6.47. The Labute approximate surface area is 146 Å². The molecule has 1 amide bonds. The van der Waals surface area contributed by atoms with E-state index in [2.05, 4.69) is 0 Å². The number of methoxy groups -OCH3 is 1. The number of carbonyl (C=O) groups is 2. The molecule has 1 aromatic carbocycles. The number of likely N-dealkylation sites (tertiary alicyclic amines) is 1. The summed E-state index contributed by atoms with van der Waals surface area (Å²) in [6, 6.07) is 8.57. The minimum Gasteiger partial charge on any atom is -0.467 e. The number of amides is 1. The Balaban J connectivity index is 1.71. The third-order valence-electron chi connectivity index (χ3n) is 4.67. The summed E-state index contributed by atoms with van der Waals surface area (Å²) in [6.45, 7) is 4.08. The van der Waals surface area contributed by atoms with E-state index < -0.39 is 23.9 Å². The Morgan fingerprint density at radius 1 is 1.20 bits per heavy atom. The van der Waals surface area contributed by atoms with Gasteiger partial charge in [-0.2, -0.15) is 0 Å². The standard InChI is InChI=1S/C18H23NO6/c1-12-13(2)25-18(24-12)9-15(16(20)22-3)19(11-18)17(21)23-10-14-7-5-4-6-8-14/h4-8,12-13,15H,9-11H2,1-3H3/t12-,13-,15-/m0/s1. The molecule has 3 atom stereocenters. The number of esters is 1. The van der Waals surface area contributed by atoms with Crippen LogP contribution in [0.15, 0.2) is 30.3 Å². The number of hydrogen-bond donors (Lipinski definition) is 0. The van der Waals surface area contributed by atoms with Gasteiger partial charge in [0.15, 0.2) is 5.79 Å². The minimum absolute atomic E-state index is 0.112. The zero-order valence-corrected chi connectivity index (χ0v) is 14.6. The average molecular weight is 349 g/mol. The van der Waals surface area contributed by atoms with Crippen molar-refractivity contribution < 1.29 is 28.5 Å². The Morgan fingerprint density at radius 3 is 2.44 bits per heavy atom. The van der Waals surface area contributed by atoms with Crippen molar-refractivity contribution in [3.63, 3.8) is 0 Å². The summed E-state index contributed by atoms with van der Waals surface area (Å²) in [4.78, 5) is 26.0. The van der Waals surface area contributed by atoms with Gasteiger partial charge >= 0.3 is 12.1 Å². The first-order valence-electron chi connectivity index (χ1n) is 8.35. The lowest BCUT2D eigenvalue weighted by Gasteiger charge is -2.23. The zero-order chi connectivity index (χ0) is 18.0. The molecule has 2 heterocycles. The molecule has 3 rings (SSSR count). The molecule has 2 fully saturated rings. The summed E-state index contributed by atoms with van der Waals surface area (Å²) in [5.74, 6) is -1.49. The van der Waals surface area contributed by atoms with E-state index in [4.69, 9.17) is 18.9 Å². The third kappa shape index (κ3) is 3.62. The summed E-state index contributed by atoms with van der Waals surface area (Å²) in [5.41, 5.74) is 0.870. The number of carbonyl (C=O) groups excluding carboxylic acids is 2. The molecule has 0 radical (unpaired) electrons. The molecule has 0 unspecified atom stereocenters. The normalized spacial score (nSPS) is 27.5. The second kappa shape index (κ2) is 7.01. The molecule has 1 spiro atoms. The van der Waals surface area contributed by atoms with Crippen molar-refractivity contribution in [1.82, 2.24) is 4.90 Å². The highest BCUT2D eigenvalue weighted by atomic mass is 16.8. The minimum atomic E-state index is -0.983. The van der Waals surface area contributed by atoms with Crippen LogP contribution in [0.4, 0.5) is 4.79 Å². The van der Waals surface area contributed by atoms with Crippen LogP contribution in [0.1, 0.15) is 25.8 Å². The fourth-order valence-electron chi connectivity index (χ4n) is 3.25. The number of rotatable bonds is 3. The van der Waals surface area contributed by atoms with Crippen LogP contribution in [0.25, 0.3) is 0 Å². The Bertz CT molecular complexity index is 624. The summed E-state index contributed by atoms with van der Waals surface area (Å²) in [6.07, 6.45) is -0.581. The quantitative estimate of drug-likeness (QED) is 0.778. The van der Waals surface area contributed by atoms with Crippen LogP contribution in [0.2, 0.25) is 0 Å². The topological polar surface area (TPSA) is 74.3 Å². The van der Waals surface area contributed by atoms with Crippen molar-refractivity contribution in [1.29, 1.82) is 0 Å². The summed E-state index contributed by atoms with van der Waals surface area (Å²) in [7, 11) is 1.29. The SMILES string of the molecule is COC(=O)[C@@H]1CC2(CN1C(=O)OCc1ccccc1)O[C@@H](C)[C@H](C)O2. The Kier molecular flexibility index (Phi) is 4.96. The summed E-state index contributed by atoms with van der Waals surface area (Å²) in [5, 5.41) is 0. The smallest absolute Gasteiger partial charge is 0.411 e. The highest BCUT2D eigenvalue weighted by molar-refractivity contribution is 5.82. The number of ether oxygens (including phenoxy) is 4. The van der Waals surface area contributed by atoms with Gasteiger partial charge in [-0.3, -0.25) is 4.90 Å². The van der Waals surface area contributed by atoms with E-state index >= 15 is 0 Å². The molecule has 2 aliphatic rings. The number of benzene rings is 1. The number of hydrogen-bond acceptors (Lipinski definition) is 6. The van der Waals surface area contributed by atoms with Crippen molar-refractivity contribution >= 4 is 12.1 Å². The van der Waals surface area contributed by atoms with Gasteiger partial charge in [0, 0.05) is 6.42 Å². The van der Waals surface area contributed by atoms with Crippen molar-refractivity contribution in [2.24, 2.45) is 0 Å². The van der Waals surface area contributed by atoms with E-state index in [9.17, 15) is 9.59 Å². The molecule has 1 aromatic rings. The highest BCUT2D eigenvalue weighted by Crippen LogP contribution is 2.40. The first-order chi connectivity index (χ1) is 11.9. The molecule has 7 heteroatoms. The van der Waals surface area contributed by atoms with Gasteiger partial charge in [-0.05, 0) is 19.4 Å². The van der Waals surface area contributed by atoms with E-state index in [1.165, 1.54) is 12.0 Å². The van der Waals surface area contributed by atoms with Crippen molar-refractivity contribution in [3.05, 3.63) is 35.9 Å². The molecule has 0 aromatic heterocycles. The van der Waals surface area contributed by atoms with Crippen LogP contribution < -0.4 is 0 Å². The van der Waals surface area contributed by atoms with E-state index in [-0.39, 0.29) is 31.8 Å². The largest absolute Gasteiger partial charge is 0.467 e. The highest BCUT2D eigenvalue weighted by Gasteiger charge is 2.56. The molecule has 0 bridgehead atoms. The third-order valence-corrected chi connectivity index (χ3v) is 4.67. The van der Waals surface area contributed by atoms with Crippen LogP contribution in [0.3, 0.4) is 0 Å². The van der Waals surface area contributed by atoms with Gasteiger partial charge in [0.05, 0.1) is 25.9 Å². The van der Waals surface area contributed by atoms with Crippen LogP contribution in [-0.2, 0) is 30.3 Å². The molecule has 7 nitrogen and oxygen atoms in total. The fraction of sp³-hybridized carbons (Fsp3) is 0.556. The van der Waals surface area contributed by atoms with Crippen LogP contribution >= 0.6 is 0 Å². The van der Waals surface area contributed by atoms with E-state index in [0.29, 0.717) is 0 Å². The maximum Gasteiger partial charge on any atom is 0.411 e. The van der Waals surface area contributed by atoms with Gasteiger partial charge in [0.2, 0.25) is 0 Å². The van der Waals surface area contributed by atoms with Crippen molar-refractivity contribution in [3.8, 4) is 0 Å². The monoisotopic (exact) mass is 349 g/mol. The van der Waals surface area contributed by atoms with Crippen molar-refractivity contribution in [2.45, 2.75) is 50.9 Å². The maximum absolute atomic E-state index is 12.5. The molecule has 0 saturated carbocycles. The summed E-state index contributed by atoms with van der Waals surface area (Å²) >= 11 is 0. The first-order valence-corrected chi connectivity index (χ1v) is 8.35. The molecule has 25 heavy (non-hydrogen) atoms. The molecule has 0 aliphatic carbocycles. The van der Waals surface area contributed by atoms with Gasteiger partial charge in [-0.1, -0.05) is 30.3 Å². The lowest BCUT2D eigenvalue weighted by Crippen LogP contribution is -2.42. The van der Waals surface area contributed by atoms with Gasteiger partial charge in [0.25, 0.3) is 0 Å². The van der Waals surface area contributed by atoms with Crippen LogP contribution in [0.5, 0.6) is 0 Å². The van der Waals surface area contributed by atoms with Gasteiger partial charge in [0.1, 0.15) is 12.6 Å². The maximum atomic E-state index is 12.5. The molecule has 2 saturated heterocycles. The first kappa shape index (κ1) is 17.7. The molecular weight excluding hydrogens is 326 g/mol. The Morgan fingerprint density at radius 2 is 1.84 bits per heavy atom. The van der Waals surface area contributed by atoms with E-state index in [1.807, 2.05) is 44.2 Å².